The zero-order chi connectivity index (χ0) is 19.6. The maximum Gasteiger partial charge on any atom is 0.276 e. The number of aryl methyl sites for hydroxylation is 1. The fourth-order valence-corrected chi connectivity index (χ4v) is 2.42. The number of hydrogen-bond donors (Lipinski definition) is 2. The van der Waals surface area contributed by atoms with E-state index in [0.717, 1.165) is 18.4 Å². The summed E-state index contributed by atoms with van der Waals surface area (Å²) in [5.41, 5.74) is 5.90. The number of hydrogen-bond acceptors (Lipinski definition) is 4. The summed E-state index contributed by atoms with van der Waals surface area (Å²) in [7, 11) is 0. The Labute approximate surface area is 163 Å². The van der Waals surface area contributed by atoms with E-state index in [1.165, 1.54) is 0 Å². The molecule has 144 valence electrons. The Kier molecular flexibility index (Phi) is 7.95. The van der Waals surface area contributed by atoms with Crippen LogP contribution in [0.25, 0.3) is 0 Å². The smallest absolute Gasteiger partial charge is 0.276 e. The average Bonchev–Trinajstić information content (AvgIpc) is 2.66. The van der Waals surface area contributed by atoms with Crippen LogP contribution in [-0.4, -0.2) is 25.0 Å². The molecule has 0 aliphatic heterocycles. The second-order valence-electron chi connectivity index (χ2n) is 5.93. The van der Waals surface area contributed by atoms with Gasteiger partial charge in [-0.1, -0.05) is 24.9 Å². The first-order valence-corrected chi connectivity index (χ1v) is 9.08. The lowest BCUT2D eigenvalue weighted by Crippen LogP contribution is -2.43. The molecule has 2 aromatic carbocycles. The molecule has 6 nitrogen and oxygen atoms in total. The lowest BCUT2D eigenvalue weighted by molar-refractivity contribution is -0.123. The number of unbranched alkanes of at least 4 members (excludes halogenated alkanes) is 1. The molecule has 2 N–H and O–H groups in total. The molecule has 7 heteroatoms. The van der Waals surface area contributed by atoms with Gasteiger partial charge in [-0.15, -0.1) is 0 Å². The van der Waals surface area contributed by atoms with Crippen LogP contribution in [-0.2, 0) is 4.79 Å². The first-order valence-electron chi connectivity index (χ1n) is 8.70. The Morgan fingerprint density at radius 3 is 2.44 bits per heavy atom. The number of amides is 2. The van der Waals surface area contributed by atoms with Crippen LogP contribution in [0.1, 0.15) is 35.7 Å². The summed E-state index contributed by atoms with van der Waals surface area (Å²) in [5, 5.41) is 0.596. The topological polar surface area (TPSA) is 76.7 Å². The monoisotopic (exact) mass is 390 g/mol. The first-order chi connectivity index (χ1) is 13.0. The van der Waals surface area contributed by atoms with Crippen LogP contribution in [0.15, 0.2) is 42.5 Å². The molecule has 0 aromatic heterocycles. The summed E-state index contributed by atoms with van der Waals surface area (Å²) in [5.74, 6) is 0.360. The number of halogens is 1. The van der Waals surface area contributed by atoms with Crippen molar-refractivity contribution < 1.29 is 19.1 Å². The Bertz CT molecular complexity index is 778. The molecule has 0 saturated heterocycles. The Morgan fingerprint density at radius 2 is 1.78 bits per heavy atom. The van der Waals surface area contributed by atoms with Crippen molar-refractivity contribution in [1.82, 2.24) is 10.9 Å². The van der Waals surface area contributed by atoms with Crippen molar-refractivity contribution in [2.75, 3.05) is 13.2 Å². The lowest BCUT2D eigenvalue weighted by Gasteiger charge is -2.11. The normalized spacial score (nSPS) is 10.2. The zero-order valence-electron chi connectivity index (χ0n) is 15.4. The fraction of sp³-hybridized carbons (Fsp3) is 0.300. The van der Waals surface area contributed by atoms with Crippen molar-refractivity contribution in [3.05, 3.63) is 58.6 Å². The first kappa shape index (κ1) is 20.6. The Balaban J connectivity index is 1.76. The van der Waals surface area contributed by atoms with E-state index in [1.807, 2.05) is 6.92 Å². The van der Waals surface area contributed by atoms with Crippen LogP contribution in [0.5, 0.6) is 11.5 Å². The van der Waals surface area contributed by atoms with Gasteiger partial charge in [-0.25, -0.2) is 0 Å². The highest BCUT2D eigenvalue weighted by Crippen LogP contribution is 2.21. The molecule has 0 fully saturated rings. The van der Waals surface area contributed by atoms with Crippen LogP contribution in [0.4, 0.5) is 0 Å². The molecule has 0 radical (unpaired) electrons. The summed E-state index contributed by atoms with van der Waals surface area (Å²) >= 11 is 5.87. The van der Waals surface area contributed by atoms with Crippen molar-refractivity contribution in [1.29, 1.82) is 0 Å². The summed E-state index contributed by atoms with van der Waals surface area (Å²) in [6.45, 7) is 4.33. The maximum atomic E-state index is 12.1. The third-order valence-corrected chi connectivity index (χ3v) is 3.93. The summed E-state index contributed by atoms with van der Waals surface area (Å²) < 4.78 is 11.0. The van der Waals surface area contributed by atoms with Gasteiger partial charge in [0.1, 0.15) is 11.5 Å². The summed E-state index contributed by atoms with van der Waals surface area (Å²) in [6, 6.07) is 11.8. The lowest BCUT2D eigenvalue weighted by atomic mass is 10.2. The number of carbonyl (C=O) groups excluding carboxylic acids is 2. The van der Waals surface area contributed by atoms with Crippen molar-refractivity contribution in [2.45, 2.75) is 26.7 Å². The molecule has 0 unspecified atom stereocenters. The third kappa shape index (κ3) is 6.83. The minimum atomic E-state index is -0.475. The van der Waals surface area contributed by atoms with Gasteiger partial charge in [0.25, 0.3) is 11.8 Å². The number of ether oxygens (including phenoxy) is 2. The fourth-order valence-electron chi connectivity index (χ4n) is 2.19. The van der Waals surface area contributed by atoms with E-state index in [1.54, 1.807) is 42.5 Å². The van der Waals surface area contributed by atoms with Gasteiger partial charge in [-0.3, -0.25) is 20.4 Å². The van der Waals surface area contributed by atoms with E-state index in [9.17, 15) is 9.59 Å². The standard InChI is InChI=1S/C20H23ClN2O4/c1-3-4-11-26-17-8-5-15(6-9-17)20(25)23-22-19(24)13-27-18-10-7-16(21)12-14(18)2/h5-10,12H,3-4,11,13H2,1-2H3,(H,22,24)(H,23,25). The highest BCUT2D eigenvalue weighted by Gasteiger charge is 2.09. The van der Waals surface area contributed by atoms with Gasteiger partial charge >= 0.3 is 0 Å². The highest BCUT2D eigenvalue weighted by atomic mass is 35.5. The van der Waals surface area contributed by atoms with E-state index in [2.05, 4.69) is 17.8 Å². The number of hydrazine groups is 1. The highest BCUT2D eigenvalue weighted by molar-refractivity contribution is 6.30. The van der Waals surface area contributed by atoms with Gasteiger partial charge in [0.2, 0.25) is 0 Å². The van der Waals surface area contributed by atoms with Crippen molar-refractivity contribution in [3.8, 4) is 11.5 Å². The third-order valence-electron chi connectivity index (χ3n) is 3.69. The molecule has 2 rings (SSSR count). The van der Waals surface area contributed by atoms with Gasteiger partial charge in [0.15, 0.2) is 6.61 Å². The second-order valence-corrected chi connectivity index (χ2v) is 6.36. The predicted molar refractivity (Wildman–Crippen MR) is 104 cm³/mol. The van der Waals surface area contributed by atoms with Crippen LogP contribution in [0.3, 0.4) is 0 Å². The van der Waals surface area contributed by atoms with E-state index in [-0.39, 0.29) is 6.61 Å². The number of benzene rings is 2. The molecule has 27 heavy (non-hydrogen) atoms. The predicted octanol–water partition coefficient (Wildman–Crippen LogP) is 3.67. The van der Waals surface area contributed by atoms with Crippen molar-refractivity contribution in [2.24, 2.45) is 0 Å². The molecule has 2 amide bonds. The number of nitrogens with one attached hydrogen (secondary N) is 2. The van der Waals surface area contributed by atoms with E-state index >= 15 is 0 Å². The molecule has 0 atom stereocenters. The molecule has 0 aliphatic rings. The molecular weight excluding hydrogens is 368 g/mol. The molecule has 0 bridgehead atoms. The summed E-state index contributed by atoms with van der Waals surface area (Å²) in [6.07, 6.45) is 2.04. The zero-order valence-corrected chi connectivity index (χ0v) is 16.1. The minimum absolute atomic E-state index is 0.229. The SMILES string of the molecule is CCCCOc1ccc(C(=O)NNC(=O)COc2ccc(Cl)cc2C)cc1. The van der Waals surface area contributed by atoms with Crippen LogP contribution < -0.4 is 20.3 Å². The van der Waals surface area contributed by atoms with Gasteiger partial charge in [0.05, 0.1) is 6.61 Å². The van der Waals surface area contributed by atoms with E-state index < -0.39 is 11.8 Å². The molecule has 0 saturated carbocycles. The Hall–Kier alpha value is -2.73. The van der Waals surface area contributed by atoms with E-state index in [4.69, 9.17) is 21.1 Å². The minimum Gasteiger partial charge on any atom is -0.494 e. The average molecular weight is 391 g/mol. The maximum absolute atomic E-state index is 12.1. The molecular formula is C20H23ClN2O4. The quantitative estimate of drug-likeness (QED) is 0.532. The number of rotatable bonds is 8. The largest absolute Gasteiger partial charge is 0.494 e. The van der Waals surface area contributed by atoms with Crippen LogP contribution in [0, 0.1) is 6.92 Å². The van der Waals surface area contributed by atoms with Gasteiger partial charge < -0.3 is 9.47 Å². The van der Waals surface area contributed by atoms with Gasteiger partial charge in [0, 0.05) is 10.6 Å². The Morgan fingerprint density at radius 1 is 1.04 bits per heavy atom. The molecule has 0 aliphatic carbocycles. The van der Waals surface area contributed by atoms with Crippen LogP contribution >= 0.6 is 11.6 Å². The second kappa shape index (κ2) is 10.4. The summed E-state index contributed by atoms with van der Waals surface area (Å²) in [4.78, 5) is 23.9. The van der Waals surface area contributed by atoms with E-state index in [0.29, 0.717) is 28.7 Å². The molecule has 2 aromatic rings. The molecule has 0 spiro atoms. The van der Waals surface area contributed by atoms with Gasteiger partial charge in [-0.2, -0.15) is 0 Å². The van der Waals surface area contributed by atoms with Crippen LogP contribution in [0.2, 0.25) is 5.02 Å². The number of carbonyl (C=O) groups is 2. The van der Waals surface area contributed by atoms with Crippen molar-refractivity contribution >= 4 is 23.4 Å². The van der Waals surface area contributed by atoms with Crippen molar-refractivity contribution in [3.63, 3.8) is 0 Å². The molecule has 0 heterocycles. The van der Waals surface area contributed by atoms with Gasteiger partial charge in [-0.05, 0) is 61.4 Å².